The molecule has 0 unspecified atom stereocenters. The quantitative estimate of drug-likeness (QED) is 0.747. The molecule has 0 fully saturated rings. The van der Waals surface area contributed by atoms with Gasteiger partial charge in [0.25, 0.3) is 5.91 Å². The molecule has 3 N–H and O–H groups in total. The van der Waals surface area contributed by atoms with Crippen LogP contribution in [0, 0.1) is 5.82 Å². The number of para-hydroxylation sites is 1. The van der Waals surface area contributed by atoms with E-state index in [1.807, 2.05) is 0 Å². The first kappa shape index (κ1) is 19.8. The number of primary sulfonamides is 1. The molecule has 138 valence electrons. The molecule has 0 spiro atoms. The topological polar surface area (TPSA) is 116 Å². The molecule has 0 saturated heterocycles. The van der Waals surface area contributed by atoms with Crippen molar-refractivity contribution < 1.29 is 27.1 Å². The second kappa shape index (κ2) is 7.81. The average molecular weight is 401 g/mol. The van der Waals surface area contributed by atoms with Crippen LogP contribution in [0.1, 0.15) is 17.3 Å². The molecule has 7 nitrogen and oxygen atoms in total. The van der Waals surface area contributed by atoms with Crippen molar-refractivity contribution in [1.82, 2.24) is 0 Å². The van der Waals surface area contributed by atoms with E-state index in [0.717, 1.165) is 18.2 Å². The molecule has 2 aromatic carbocycles. The Kier molecular flexibility index (Phi) is 5.96. The Hall–Kier alpha value is -2.49. The maximum absolute atomic E-state index is 13.8. The van der Waals surface area contributed by atoms with Gasteiger partial charge in [0, 0.05) is 0 Å². The predicted octanol–water partition coefficient (Wildman–Crippen LogP) is 2.31. The number of hydrogen-bond acceptors (Lipinski definition) is 5. The van der Waals surface area contributed by atoms with Gasteiger partial charge < -0.3 is 10.1 Å². The number of nitrogens with two attached hydrogens (primary N) is 1. The summed E-state index contributed by atoms with van der Waals surface area (Å²) in [6.07, 6.45) is -1.30. The van der Waals surface area contributed by atoms with Gasteiger partial charge >= 0.3 is 5.97 Å². The van der Waals surface area contributed by atoms with Crippen LogP contribution < -0.4 is 10.5 Å². The number of rotatable bonds is 5. The van der Waals surface area contributed by atoms with E-state index in [1.165, 1.54) is 6.92 Å². The molecule has 1 amide bonds. The molecule has 1 atom stereocenters. The van der Waals surface area contributed by atoms with Crippen LogP contribution in [0.3, 0.4) is 0 Å². The fourth-order valence-electron chi connectivity index (χ4n) is 1.91. The lowest BCUT2D eigenvalue weighted by Crippen LogP contribution is -2.30. The Morgan fingerprint density at radius 3 is 2.50 bits per heavy atom. The number of carbonyl (C=O) groups is 2. The highest BCUT2D eigenvalue weighted by molar-refractivity contribution is 7.89. The maximum atomic E-state index is 13.8. The van der Waals surface area contributed by atoms with E-state index in [0.29, 0.717) is 5.69 Å². The van der Waals surface area contributed by atoms with Crippen molar-refractivity contribution in [3.63, 3.8) is 0 Å². The predicted molar refractivity (Wildman–Crippen MR) is 92.7 cm³/mol. The Bertz CT molecular complexity index is 965. The SMILES string of the molecule is C[C@@H](OC(=O)c1cc(S(N)(=O)=O)ccc1F)C(=O)Nc1ccccc1Cl. The van der Waals surface area contributed by atoms with Crippen LogP contribution in [0.15, 0.2) is 47.4 Å². The summed E-state index contributed by atoms with van der Waals surface area (Å²) in [5.41, 5.74) is -0.349. The molecule has 2 aromatic rings. The molecule has 0 aromatic heterocycles. The van der Waals surface area contributed by atoms with Crippen LogP contribution in [0.4, 0.5) is 10.1 Å². The number of ether oxygens (including phenoxy) is 1. The van der Waals surface area contributed by atoms with E-state index in [2.05, 4.69) is 5.32 Å². The normalized spacial score (nSPS) is 12.3. The van der Waals surface area contributed by atoms with E-state index < -0.39 is 44.3 Å². The third-order valence-corrected chi connectivity index (χ3v) is 4.51. The summed E-state index contributed by atoms with van der Waals surface area (Å²) in [7, 11) is -4.13. The molecule has 0 aliphatic heterocycles. The Morgan fingerprint density at radius 1 is 1.23 bits per heavy atom. The minimum Gasteiger partial charge on any atom is -0.449 e. The lowest BCUT2D eigenvalue weighted by Gasteiger charge is -2.14. The highest BCUT2D eigenvalue weighted by atomic mass is 35.5. The van der Waals surface area contributed by atoms with Crippen molar-refractivity contribution in [2.75, 3.05) is 5.32 Å². The van der Waals surface area contributed by atoms with Gasteiger partial charge in [-0.15, -0.1) is 0 Å². The average Bonchev–Trinajstić information content (AvgIpc) is 2.56. The number of halogens is 2. The van der Waals surface area contributed by atoms with Crippen LogP contribution >= 0.6 is 11.6 Å². The third-order valence-electron chi connectivity index (χ3n) is 3.27. The van der Waals surface area contributed by atoms with Gasteiger partial charge in [-0.25, -0.2) is 22.7 Å². The zero-order chi connectivity index (χ0) is 19.5. The maximum Gasteiger partial charge on any atom is 0.341 e. The van der Waals surface area contributed by atoms with Crippen molar-refractivity contribution >= 4 is 39.2 Å². The summed E-state index contributed by atoms with van der Waals surface area (Å²) in [5.74, 6) is -2.93. The Labute approximate surface area is 154 Å². The van der Waals surface area contributed by atoms with Gasteiger partial charge in [-0.3, -0.25) is 4.79 Å². The van der Waals surface area contributed by atoms with E-state index in [-0.39, 0.29) is 5.02 Å². The molecule has 0 saturated carbocycles. The van der Waals surface area contributed by atoms with Gasteiger partial charge in [-0.05, 0) is 37.3 Å². The van der Waals surface area contributed by atoms with Crippen LogP contribution in [-0.4, -0.2) is 26.4 Å². The van der Waals surface area contributed by atoms with Crippen LogP contribution in [0.2, 0.25) is 5.02 Å². The van der Waals surface area contributed by atoms with Crippen molar-refractivity contribution in [2.24, 2.45) is 5.14 Å². The molecule has 2 rings (SSSR count). The first-order valence-electron chi connectivity index (χ1n) is 7.18. The van der Waals surface area contributed by atoms with Gasteiger partial charge in [0.1, 0.15) is 5.82 Å². The smallest absolute Gasteiger partial charge is 0.341 e. The van der Waals surface area contributed by atoms with Crippen LogP contribution in [0.5, 0.6) is 0 Å². The zero-order valence-corrected chi connectivity index (χ0v) is 15.0. The van der Waals surface area contributed by atoms with Crippen LogP contribution in [-0.2, 0) is 19.6 Å². The lowest BCUT2D eigenvalue weighted by molar-refractivity contribution is -0.123. The number of benzene rings is 2. The number of sulfonamides is 1. The number of esters is 1. The van der Waals surface area contributed by atoms with Gasteiger partial charge in [0.15, 0.2) is 6.10 Å². The standard InChI is InChI=1S/C16H14ClFN2O5S/c1-9(15(21)20-14-5-3-2-4-12(14)17)25-16(22)11-8-10(26(19,23)24)6-7-13(11)18/h2-9H,1H3,(H,20,21)(H2,19,23,24)/t9-/m1/s1. The molecule has 26 heavy (non-hydrogen) atoms. The zero-order valence-electron chi connectivity index (χ0n) is 13.4. The Balaban J connectivity index is 2.14. The summed E-state index contributed by atoms with van der Waals surface area (Å²) in [6, 6.07) is 8.84. The summed E-state index contributed by atoms with van der Waals surface area (Å²) < 4.78 is 41.3. The summed E-state index contributed by atoms with van der Waals surface area (Å²) in [4.78, 5) is 23.7. The van der Waals surface area contributed by atoms with Gasteiger partial charge in [-0.1, -0.05) is 23.7 Å². The van der Waals surface area contributed by atoms with Crippen molar-refractivity contribution in [3.8, 4) is 0 Å². The summed E-state index contributed by atoms with van der Waals surface area (Å²) >= 11 is 5.91. The minimum absolute atomic E-state index is 0.284. The Morgan fingerprint density at radius 2 is 1.88 bits per heavy atom. The van der Waals surface area contributed by atoms with E-state index in [1.54, 1.807) is 24.3 Å². The van der Waals surface area contributed by atoms with Crippen molar-refractivity contribution in [3.05, 3.63) is 58.9 Å². The summed E-state index contributed by atoms with van der Waals surface area (Å²) in [6.45, 7) is 1.27. The first-order valence-corrected chi connectivity index (χ1v) is 9.10. The number of carbonyl (C=O) groups excluding carboxylic acids is 2. The monoisotopic (exact) mass is 400 g/mol. The fraction of sp³-hybridized carbons (Fsp3) is 0.125. The highest BCUT2D eigenvalue weighted by Crippen LogP contribution is 2.21. The van der Waals surface area contributed by atoms with E-state index in [9.17, 15) is 22.4 Å². The largest absolute Gasteiger partial charge is 0.449 e. The fourth-order valence-corrected chi connectivity index (χ4v) is 2.64. The number of amides is 1. The second-order valence-corrected chi connectivity index (χ2v) is 7.17. The van der Waals surface area contributed by atoms with E-state index >= 15 is 0 Å². The van der Waals surface area contributed by atoms with Gasteiger partial charge in [-0.2, -0.15) is 0 Å². The van der Waals surface area contributed by atoms with Crippen LogP contribution in [0.25, 0.3) is 0 Å². The molecule has 0 bridgehead atoms. The van der Waals surface area contributed by atoms with Gasteiger partial charge in [0.05, 0.1) is 21.2 Å². The number of hydrogen-bond donors (Lipinski definition) is 2. The second-order valence-electron chi connectivity index (χ2n) is 5.20. The third kappa shape index (κ3) is 4.78. The highest BCUT2D eigenvalue weighted by Gasteiger charge is 2.23. The summed E-state index contributed by atoms with van der Waals surface area (Å²) in [5, 5.41) is 7.69. The minimum atomic E-state index is -4.13. The molecule has 0 radical (unpaired) electrons. The molecular weight excluding hydrogens is 387 g/mol. The molecule has 10 heteroatoms. The molecule has 0 heterocycles. The first-order chi connectivity index (χ1) is 12.1. The number of anilines is 1. The molecule has 0 aliphatic rings. The lowest BCUT2D eigenvalue weighted by atomic mass is 10.2. The van der Waals surface area contributed by atoms with E-state index in [4.69, 9.17) is 21.5 Å². The van der Waals surface area contributed by atoms with Gasteiger partial charge in [0.2, 0.25) is 10.0 Å². The molecule has 0 aliphatic carbocycles. The molecular formula is C16H14ClFN2O5S. The van der Waals surface area contributed by atoms with Crippen molar-refractivity contribution in [2.45, 2.75) is 17.9 Å². The van der Waals surface area contributed by atoms with Crippen molar-refractivity contribution in [1.29, 1.82) is 0 Å². The number of nitrogens with one attached hydrogen (secondary N) is 1.